The van der Waals surface area contributed by atoms with Crippen LogP contribution in [0.1, 0.15) is 5.56 Å². The molecule has 32 heavy (non-hydrogen) atoms. The molecule has 0 N–H and O–H groups in total. The molecule has 0 saturated carbocycles. The standard InChI is InChI=1S/C21H16N4O4S3/c26-25(27)18-12-7-13-19(14-18)32(28,29)23-21-24(15-16-8-3-1-4-9-16)20(30-31-21)22-17-10-5-2-6-11-17/h1-14H,15H2/b22-20?,23-21-. The zero-order valence-corrected chi connectivity index (χ0v) is 18.9. The Morgan fingerprint density at radius 2 is 1.53 bits per heavy atom. The highest BCUT2D eigenvalue weighted by Crippen LogP contribution is 2.19. The number of sulfonamides is 1. The molecular weight excluding hydrogens is 468 g/mol. The van der Waals surface area contributed by atoms with Gasteiger partial charge in [-0.25, -0.2) is 4.99 Å². The van der Waals surface area contributed by atoms with E-state index in [0.29, 0.717) is 11.3 Å². The molecular formula is C21H16N4O4S3. The van der Waals surface area contributed by atoms with Crippen LogP contribution in [0.4, 0.5) is 11.4 Å². The van der Waals surface area contributed by atoms with E-state index in [9.17, 15) is 18.5 Å². The van der Waals surface area contributed by atoms with Gasteiger partial charge in [0.1, 0.15) is 0 Å². The molecule has 0 aliphatic carbocycles. The molecule has 0 bridgehead atoms. The van der Waals surface area contributed by atoms with Gasteiger partial charge in [-0.05, 0) is 44.4 Å². The Morgan fingerprint density at radius 3 is 2.22 bits per heavy atom. The second kappa shape index (κ2) is 9.39. The maximum absolute atomic E-state index is 12.9. The number of nitro groups is 1. The predicted molar refractivity (Wildman–Crippen MR) is 123 cm³/mol. The molecule has 1 aromatic heterocycles. The minimum Gasteiger partial charge on any atom is -0.287 e. The minimum atomic E-state index is -4.17. The van der Waals surface area contributed by atoms with Crippen molar-refractivity contribution in [3.8, 4) is 0 Å². The number of nitrogens with zero attached hydrogens (tertiary/aromatic N) is 4. The summed E-state index contributed by atoms with van der Waals surface area (Å²) in [5, 5.41) is 11.0. The van der Waals surface area contributed by atoms with Crippen molar-refractivity contribution in [1.82, 2.24) is 4.57 Å². The molecule has 0 aliphatic heterocycles. The van der Waals surface area contributed by atoms with Crippen LogP contribution in [-0.4, -0.2) is 17.9 Å². The predicted octanol–water partition coefficient (Wildman–Crippen LogP) is 4.09. The summed E-state index contributed by atoms with van der Waals surface area (Å²) >= 11 is 0. The molecule has 0 aliphatic rings. The third-order valence-electron chi connectivity index (χ3n) is 4.34. The second-order valence-electron chi connectivity index (χ2n) is 6.57. The number of hydrogen-bond donors (Lipinski definition) is 0. The normalized spacial score (nSPS) is 12.8. The summed E-state index contributed by atoms with van der Waals surface area (Å²) in [5.74, 6) is 0. The molecule has 0 unspecified atom stereocenters. The van der Waals surface area contributed by atoms with Crippen molar-refractivity contribution < 1.29 is 13.3 Å². The number of non-ortho nitro benzene ring substituents is 1. The second-order valence-corrected chi connectivity index (χ2v) is 10.2. The molecule has 0 radical (unpaired) electrons. The van der Waals surface area contributed by atoms with Gasteiger partial charge in [0, 0.05) is 12.1 Å². The molecule has 162 valence electrons. The van der Waals surface area contributed by atoms with E-state index in [1.54, 1.807) is 4.57 Å². The first-order chi connectivity index (χ1) is 15.4. The van der Waals surface area contributed by atoms with Gasteiger partial charge in [-0.1, -0.05) is 54.6 Å². The van der Waals surface area contributed by atoms with Crippen LogP contribution in [0.3, 0.4) is 0 Å². The summed E-state index contributed by atoms with van der Waals surface area (Å²) in [6, 6.07) is 23.8. The van der Waals surface area contributed by atoms with Gasteiger partial charge in [-0.3, -0.25) is 14.7 Å². The SMILES string of the molecule is O=[N+]([O-])c1cccc(S(=O)(=O)/N=c2\ssc(=Nc3ccccc3)n2Cc2ccccc2)c1. The Morgan fingerprint density at radius 1 is 0.875 bits per heavy atom. The van der Waals surface area contributed by atoms with Crippen LogP contribution in [0.5, 0.6) is 0 Å². The van der Waals surface area contributed by atoms with Gasteiger partial charge in [-0.15, -0.1) is 4.40 Å². The monoisotopic (exact) mass is 484 g/mol. The van der Waals surface area contributed by atoms with Gasteiger partial charge in [-0.2, -0.15) is 8.42 Å². The van der Waals surface area contributed by atoms with E-state index in [2.05, 4.69) is 9.39 Å². The third kappa shape index (κ3) is 5.07. The average Bonchev–Trinajstić information content (AvgIpc) is 3.15. The van der Waals surface area contributed by atoms with Crippen molar-refractivity contribution in [2.75, 3.05) is 0 Å². The highest BCUT2D eigenvalue weighted by atomic mass is 32.9. The van der Waals surface area contributed by atoms with Crippen molar-refractivity contribution in [1.29, 1.82) is 0 Å². The number of rotatable bonds is 6. The van der Waals surface area contributed by atoms with Crippen molar-refractivity contribution in [2.24, 2.45) is 9.39 Å². The minimum absolute atomic E-state index is 0.236. The summed E-state index contributed by atoms with van der Waals surface area (Å²) in [4.78, 5) is 15.6. The lowest BCUT2D eigenvalue weighted by molar-refractivity contribution is -0.385. The number of nitro benzene ring substituents is 1. The average molecular weight is 485 g/mol. The highest BCUT2D eigenvalue weighted by Gasteiger charge is 2.18. The van der Waals surface area contributed by atoms with Crippen molar-refractivity contribution in [2.45, 2.75) is 11.4 Å². The van der Waals surface area contributed by atoms with E-state index < -0.39 is 14.9 Å². The Labute approximate surface area is 190 Å². The van der Waals surface area contributed by atoms with E-state index in [4.69, 9.17) is 0 Å². The van der Waals surface area contributed by atoms with Crippen molar-refractivity contribution in [3.05, 3.63) is 110 Å². The van der Waals surface area contributed by atoms with E-state index in [1.165, 1.54) is 38.9 Å². The fourth-order valence-electron chi connectivity index (χ4n) is 2.82. The number of para-hydroxylation sites is 1. The molecule has 4 aromatic rings. The molecule has 1 heterocycles. The van der Waals surface area contributed by atoms with Gasteiger partial charge >= 0.3 is 0 Å². The molecule has 0 amide bonds. The number of aromatic nitrogens is 1. The Kier molecular flexibility index (Phi) is 6.40. The van der Waals surface area contributed by atoms with Crippen LogP contribution in [0, 0.1) is 10.1 Å². The topological polar surface area (TPSA) is 107 Å². The fraction of sp³-hybridized carbons (Fsp3) is 0.0476. The molecule has 4 rings (SSSR count). The molecule has 3 aromatic carbocycles. The zero-order chi connectivity index (χ0) is 22.6. The summed E-state index contributed by atoms with van der Waals surface area (Å²) < 4.78 is 31.6. The lowest BCUT2D eigenvalue weighted by Crippen LogP contribution is -2.27. The van der Waals surface area contributed by atoms with Gasteiger partial charge in [0.2, 0.25) is 9.60 Å². The van der Waals surface area contributed by atoms with Gasteiger partial charge in [0.25, 0.3) is 15.7 Å². The molecule has 0 atom stereocenters. The Balaban J connectivity index is 1.86. The van der Waals surface area contributed by atoms with Crippen molar-refractivity contribution >= 4 is 42.1 Å². The van der Waals surface area contributed by atoms with Crippen LogP contribution in [-0.2, 0) is 16.6 Å². The first-order valence-corrected chi connectivity index (χ1v) is 12.9. The van der Waals surface area contributed by atoms with E-state index in [1.807, 2.05) is 60.7 Å². The molecule has 0 spiro atoms. The van der Waals surface area contributed by atoms with Crippen LogP contribution >= 0.6 is 20.7 Å². The van der Waals surface area contributed by atoms with Gasteiger partial charge in [0.15, 0.2) is 0 Å². The highest BCUT2D eigenvalue weighted by molar-refractivity contribution is 7.90. The summed E-state index contributed by atoms with van der Waals surface area (Å²) in [7, 11) is -1.68. The van der Waals surface area contributed by atoms with Crippen LogP contribution < -0.4 is 9.60 Å². The third-order valence-corrected chi connectivity index (χ3v) is 7.87. The zero-order valence-electron chi connectivity index (χ0n) is 16.4. The molecule has 8 nitrogen and oxygen atoms in total. The van der Waals surface area contributed by atoms with E-state index in [0.717, 1.165) is 17.3 Å². The number of hydrogen-bond acceptors (Lipinski definition) is 7. The fourth-order valence-corrected chi connectivity index (χ4v) is 6.37. The Bertz CT molecular complexity index is 1490. The summed E-state index contributed by atoms with van der Waals surface area (Å²) in [6.07, 6.45) is 0. The largest absolute Gasteiger partial charge is 0.287 e. The first-order valence-electron chi connectivity index (χ1n) is 9.31. The maximum Gasteiger partial charge on any atom is 0.285 e. The van der Waals surface area contributed by atoms with E-state index >= 15 is 0 Å². The van der Waals surface area contributed by atoms with Crippen LogP contribution in [0.25, 0.3) is 0 Å². The van der Waals surface area contributed by atoms with Crippen LogP contribution in [0.2, 0.25) is 0 Å². The Hall–Kier alpha value is -3.41. The van der Waals surface area contributed by atoms with Crippen LogP contribution in [0.15, 0.2) is 99.2 Å². The van der Waals surface area contributed by atoms with Crippen molar-refractivity contribution in [3.63, 3.8) is 0 Å². The first kappa shape index (κ1) is 21.8. The summed E-state index contributed by atoms with van der Waals surface area (Å²) in [5.41, 5.74) is 1.38. The molecule has 0 fully saturated rings. The van der Waals surface area contributed by atoms with Gasteiger partial charge < -0.3 is 0 Å². The quantitative estimate of drug-likeness (QED) is 0.233. The van der Waals surface area contributed by atoms with Gasteiger partial charge in [0.05, 0.1) is 22.1 Å². The lowest BCUT2D eigenvalue weighted by Gasteiger charge is -2.04. The smallest absolute Gasteiger partial charge is 0.285 e. The number of benzene rings is 3. The molecule has 0 saturated heterocycles. The van der Waals surface area contributed by atoms with E-state index in [-0.39, 0.29) is 15.4 Å². The maximum atomic E-state index is 12.9. The molecule has 11 heteroatoms. The lowest BCUT2D eigenvalue weighted by atomic mass is 10.2. The summed E-state index contributed by atoms with van der Waals surface area (Å²) in [6.45, 7) is 0.371.